The zero-order valence-corrected chi connectivity index (χ0v) is 14.6. The summed E-state index contributed by atoms with van der Waals surface area (Å²) in [5, 5.41) is 14.7. The minimum atomic E-state index is -2.98. The van der Waals surface area contributed by atoms with Gasteiger partial charge < -0.3 is 10.6 Å². The molecule has 122 valence electrons. The number of anilines is 1. The van der Waals surface area contributed by atoms with Gasteiger partial charge in [0, 0.05) is 12.1 Å². The Hall–Kier alpha value is -0.870. The Morgan fingerprint density at radius 2 is 2.09 bits per heavy atom. The van der Waals surface area contributed by atoms with E-state index in [1.807, 2.05) is 0 Å². The van der Waals surface area contributed by atoms with Crippen molar-refractivity contribution >= 4 is 44.0 Å². The molecular weight excluding hydrogens is 344 g/mol. The van der Waals surface area contributed by atoms with E-state index in [9.17, 15) is 13.2 Å². The first-order valence-electron chi connectivity index (χ1n) is 7.19. The van der Waals surface area contributed by atoms with Gasteiger partial charge in [0.25, 0.3) is 0 Å². The molecule has 0 spiro atoms. The maximum atomic E-state index is 12.1. The van der Waals surface area contributed by atoms with Gasteiger partial charge in [0.2, 0.25) is 11.0 Å². The number of nitrogens with zero attached hydrogens (tertiary/aromatic N) is 2. The van der Waals surface area contributed by atoms with E-state index in [-0.39, 0.29) is 28.7 Å². The monoisotopic (exact) mass is 362 g/mol. The standard InChI is InChI=1S/C12H18N4O3S3/c1-7(10(17)13-9-4-5-22(18,19)6-9)20-12-16-15-11(21-12)14-8-2-3-8/h7-9H,2-6H2,1H3,(H,13,17)(H,14,15)/t7-,9+/m1/s1. The molecule has 2 fully saturated rings. The first-order chi connectivity index (χ1) is 10.4. The summed E-state index contributed by atoms with van der Waals surface area (Å²) in [6, 6.07) is 0.262. The topological polar surface area (TPSA) is 101 Å². The van der Waals surface area contributed by atoms with Crippen molar-refractivity contribution in [1.82, 2.24) is 15.5 Å². The van der Waals surface area contributed by atoms with Crippen LogP contribution in [0.3, 0.4) is 0 Å². The average Bonchev–Trinajstić information content (AvgIpc) is 3.04. The molecule has 0 unspecified atom stereocenters. The number of thioether (sulfide) groups is 1. The van der Waals surface area contributed by atoms with Gasteiger partial charge in [-0.3, -0.25) is 4.79 Å². The maximum Gasteiger partial charge on any atom is 0.233 e. The summed E-state index contributed by atoms with van der Waals surface area (Å²) in [7, 11) is -2.98. The molecule has 1 amide bonds. The van der Waals surface area contributed by atoms with Crippen molar-refractivity contribution in [3.05, 3.63) is 0 Å². The Labute approximate surface area is 137 Å². The third kappa shape index (κ3) is 4.32. The molecular formula is C12H18N4O3S3. The molecule has 10 heteroatoms. The Morgan fingerprint density at radius 1 is 1.32 bits per heavy atom. The molecule has 2 atom stereocenters. The van der Waals surface area contributed by atoms with Crippen LogP contribution in [0.15, 0.2) is 4.34 Å². The smallest absolute Gasteiger partial charge is 0.233 e. The average molecular weight is 363 g/mol. The highest BCUT2D eigenvalue weighted by Crippen LogP contribution is 2.32. The number of carbonyl (C=O) groups is 1. The van der Waals surface area contributed by atoms with Gasteiger partial charge in [-0.25, -0.2) is 8.42 Å². The lowest BCUT2D eigenvalue weighted by Crippen LogP contribution is -2.39. The summed E-state index contributed by atoms with van der Waals surface area (Å²) >= 11 is 2.79. The van der Waals surface area contributed by atoms with Crippen LogP contribution in [0.5, 0.6) is 0 Å². The third-order valence-corrected chi connectivity index (χ3v) is 7.34. The fourth-order valence-electron chi connectivity index (χ4n) is 2.15. The molecule has 1 saturated heterocycles. The second kappa shape index (κ2) is 6.32. The number of nitrogens with one attached hydrogen (secondary N) is 2. The molecule has 2 N–H and O–H groups in total. The Balaban J connectivity index is 1.49. The van der Waals surface area contributed by atoms with Crippen molar-refractivity contribution in [2.75, 3.05) is 16.8 Å². The Bertz CT molecular complexity index is 656. The lowest BCUT2D eigenvalue weighted by atomic mass is 10.2. The SMILES string of the molecule is C[C@@H](Sc1nnc(NC2CC2)s1)C(=O)N[C@H]1CCS(=O)(=O)C1. The summed E-state index contributed by atoms with van der Waals surface area (Å²) in [5.74, 6) is 0.0511. The summed E-state index contributed by atoms with van der Waals surface area (Å²) in [6.07, 6.45) is 2.84. The molecule has 2 aliphatic rings. The van der Waals surface area contributed by atoms with Gasteiger partial charge in [-0.2, -0.15) is 0 Å². The number of hydrogen-bond donors (Lipinski definition) is 2. The van der Waals surface area contributed by atoms with Crippen molar-refractivity contribution in [3.63, 3.8) is 0 Å². The van der Waals surface area contributed by atoms with Crippen LogP contribution in [0, 0.1) is 0 Å². The molecule has 0 radical (unpaired) electrons. The van der Waals surface area contributed by atoms with E-state index in [0.29, 0.717) is 12.5 Å². The van der Waals surface area contributed by atoms with E-state index >= 15 is 0 Å². The molecule has 3 rings (SSSR count). The van der Waals surface area contributed by atoms with E-state index in [1.54, 1.807) is 6.92 Å². The summed E-state index contributed by atoms with van der Waals surface area (Å²) in [4.78, 5) is 12.1. The van der Waals surface area contributed by atoms with Gasteiger partial charge in [-0.15, -0.1) is 10.2 Å². The van der Waals surface area contributed by atoms with Crippen LogP contribution in [0.25, 0.3) is 0 Å². The highest BCUT2D eigenvalue weighted by Gasteiger charge is 2.30. The van der Waals surface area contributed by atoms with Gasteiger partial charge in [-0.05, 0) is 26.2 Å². The van der Waals surface area contributed by atoms with Crippen LogP contribution in [0.2, 0.25) is 0 Å². The van der Waals surface area contributed by atoms with Gasteiger partial charge in [0.05, 0.1) is 16.8 Å². The number of rotatable bonds is 6. The second-order valence-electron chi connectivity index (χ2n) is 5.66. The molecule has 2 heterocycles. The Morgan fingerprint density at radius 3 is 2.73 bits per heavy atom. The van der Waals surface area contributed by atoms with Crippen LogP contribution in [-0.4, -0.2) is 53.4 Å². The predicted molar refractivity (Wildman–Crippen MR) is 87.1 cm³/mol. The van der Waals surface area contributed by atoms with Gasteiger partial charge in [-0.1, -0.05) is 23.1 Å². The number of hydrogen-bond acceptors (Lipinski definition) is 8. The highest BCUT2D eigenvalue weighted by atomic mass is 32.2. The fraction of sp³-hybridized carbons (Fsp3) is 0.750. The highest BCUT2D eigenvalue weighted by molar-refractivity contribution is 8.02. The molecule has 7 nitrogen and oxygen atoms in total. The molecule has 1 aromatic heterocycles. The van der Waals surface area contributed by atoms with Gasteiger partial charge in [0.1, 0.15) is 0 Å². The lowest BCUT2D eigenvalue weighted by molar-refractivity contribution is -0.120. The van der Waals surface area contributed by atoms with E-state index in [0.717, 1.165) is 9.47 Å². The van der Waals surface area contributed by atoms with Crippen molar-refractivity contribution in [2.45, 2.75) is 47.9 Å². The van der Waals surface area contributed by atoms with Gasteiger partial charge in [0.15, 0.2) is 14.2 Å². The maximum absolute atomic E-state index is 12.1. The fourth-order valence-corrected chi connectivity index (χ4v) is 5.81. The molecule has 0 bridgehead atoms. The minimum Gasteiger partial charge on any atom is -0.357 e. The van der Waals surface area contributed by atoms with E-state index in [2.05, 4.69) is 20.8 Å². The summed E-state index contributed by atoms with van der Waals surface area (Å²) in [6.45, 7) is 1.79. The molecule has 1 aliphatic carbocycles. The second-order valence-corrected chi connectivity index (χ2v) is 10.5. The number of amides is 1. The molecule has 0 aromatic carbocycles. The van der Waals surface area contributed by atoms with Crippen LogP contribution >= 0.6 is 23.1 Å². The van der Waals surface area contributed by atoms with Crippen molar-refractivity contribution in [3.8, 4) is 0 Å². The number of carbonyl (C=O) groups excluding carboxylic acids is 1. The van der Waals surface area contributed by atoms with Gasteiger partial charge >= 0.3 is 0 Å². The number of sulfone groups is 1. The molecule has 1 saturated carbocycles. The molecule has 1 aliphatic heterocycles. The third-order valence-electron chi connectivity index (χ3n) is 3.54. The van der Waals surface area contributed by atoms with Crippen LogP contribution in [0.1, 0.15) is 26.2 Å². The van der Waals surface area contributed by atoms with E-state index < -0.39 is 9.84 Å². The van der Waals surface area contributed by atoms with Crippen molar-refractivity contribution in [1.29, 1.82) is 0 Å². The molecule has 1 aromatic rings. The quantitative estimate of drug-likeness (QED) is 0.725. The largest absolute Gasteiger partial charge is 0.357 e. The van der Waals surface area contributed by atoms with E-state index in [1.165, 1.54) is 35.9 Å². The van der Waals surface area contributed by atoms with Crippen LogP contribution in [-0.2, 0) is 14.6 Å². The van der Waals surface area contributed by atoms with Crippen molar-refractivity contribution < 1.29 is 13.2 Å². The van der Waals surface area contributed by atoms with Crippen molar-refractivity contribution in [2.24, 2.45) is 0 Å². The van der Waals surface area contributed by atoms with Crippen LogP contribution < -0.4 is 10.6 Å². The van der Waals surface area contributed by atoms with Crippen LogP contribution in [0.4, 0.5) is 5.13 Å². The lowest BCUT2D eigenvalue weighted by Gasteiger charge is -2.14. The first-order valence-corrected chi connectivity index (χ1v) is 10.7. The normalized spacial score (nSPS) is 24.9. The van der Waals surface area contributed by atoms with E-state index in [4.69, 9.17) is 0 Å². The predicted octanol–water partition coefficient (Wildman–Crippen LogP) is 0.896. The Kier molecular flexibility index (Phi) is 4.60. The summed E-state index contributed by atoms with van der Waals surface area (Å²) < 4.78 is 23.5. The zero-order valence-electron chi connectivity index (χ0n) is 12.1. The minimum absolute atomic E-state index is 0.0460. The number of aromatic nitrogens is 2. The summed E-state index contributed by atoms with van der Waals surface area (Å²) in [5.41, 5.74) is 0. The zero-order chi connectivity index (χ0) is 15.7. The molecule has 22 heavy (non-hydrogen) atoms. The first kappa shape index (κ1) is 16.0.